The topological polar surface area (TPSA) is 81.8 Å². The van der Waals surface area contributed by atoms with E-state index in [1.54, 1.807) is 24.3 Å². The third-order valence-electron chi connectivity index (χ3n) is 7.24. The molecule has 1 saturated heterocycles. The highest BCUT2D eigenvalue weighted by Crippen LogP contribution is 2.28. The summed E-state index contributed by atoms with van der Waals surface area (Å²) in [5, 5.41) is 5.79. The van der Waals surface area contributed by atoms with Crippen molar-refractivity contribution in [2.75, 3.05) is 36.4 Å². The van der Waals surface area contributed by atoms with Crippen LogP contribution in [0, 0.1) is 11.7 Å². The predicted molar refractivity (Wildman–Crippen MR) is 156 cm³/mol. The molecule has 3 aromatic rings. The van der Waals surface area contributed by atoms with E-state index < -0.39 is 0 Å². The molecule has 8 heteroatoms. The average Bonchev–Trinajstić information content (AvgIpc) is 2.97. The number of halogens is 1. The van der Waals surface area contributed by atoms with Crippen LogP contribution in [0.3, 0.4) is 0 Å². The van der Waals surface area contributed by atoms with Crippen molar-refractivity contribution >= 4 is 29.1 Å². The van der Waals surface area contributed by atoms with Gasteiger partial charge in [0, 0.05) is 50.0 Å². The lowest BCUT2D eigenvalue weighted by Gasteiger charge is -2.38. The van der Waals surface area contributed by atoms with E-state index in [0.29, 0.717) is 37.4 Å². The van der Waals surface area contributed by atoms with Gasteiger partial charge in [0.15, 0.2) is 0 Å². The van der Waals surface area contributed by atoms with Gasteiger partial charge in [-0.05, 0) is 47.9 Å². The Morgan fingerprint density at radius 3 is 2.20 bits per heavy atom. The van der Waals surface area contributed by atoms with Gasteiger partial charge in [-0.2, -0.15) is 0 Å². The van der Waals surface area contributed by atoms with Crippen molar-refractivity contribution in [3.63, 3.8) is 0 Å². The Balaban J connectivity index is 1.50. The summed E-state index contributed by atoms with van der Waals surface area (Å²) >= 11 is 0. The number of benzene rings is 3. The van der Waals surface area contributed by atoms with Gasteiger partial charge in [0.1, 0.15) is 5.82 Å². The van der Waals surface area contributed by atoms with Crippen LogP contribution in [0.1, 0.15) is 54.6 Å². The van der Waals surface area contributed by atoms with Crippen LogP contribution in [0.5, 0.6) is 0 Å². The summed E-state index contributed by atoms with van der Waals surface area (Å²) in [5.74, 6) is -1.03. The second-order valence-electron chi connectivity index (χ2n) is 10.4. The van der Waals surface area contributed by atoms with Crippen molar-refractivity contribution in [2.24, 2.45) is 5.92 Å². The largest absolute Gasteiger partial charge is 0.367 e. The second-order valence-corrected chi connectivity index (χ2v) is 10.4. The number of nitrogens with zero attached hydrogens (tertiary/aromatic N) is 2. The quantitative estimate of drug-likeness (QED) is 0.388. The summed E-state index contributed by atoms with van der Waals surface area (Å²) in [6.45, 7) is 8.13. The first-order chi connectivity index (χ1) is 19.3. The van der Waals surface area contributed by atoms with Crippen LogP contribution in [0.25, 0.3) is 0 Å². The fourth-order valence-corrected chi connectivity index (χ4v) is 4.86. The molecular formula is C32H37FN4O3. The first kappa shape index (κ1) is 28.8. The standard InChI is InChI=1S/C32H37FN4O3/c1-4-27(24-8-6-5-7-9-24)32(40)37-18-16-36(17-19-37)29-15-14-26(35-30(38)22(2)3)20-28(29)31(39)34-21-23-10-12-25(33)13-11-23/h5-15,20,22,27H,4,16-19,21H2,1-3H3,(H,34,39)(H,35,38). The maximum Gasteiger partial charge on any atom is 0.253 e. The highest BCUT2D eigenvalue weighted by molar-refractivity contribution is 6.02. The van der Waals surface area contributed by atoms with Crippen LogP contribution in [-0.2, 0) is 16.1 Å². The summed E-state index contributed by atoms with van der Waals surface area (Å²) in [4.78, 5) is 43.1. The summed E-state index contributed by atoms with van der Waals surface area (Å²) in [6.07, 6.45) is 0.727. The normalized spacial score (nSPS) is 14.1. The van der Waals surface area contributed by atoms with Gasteiger partial charge in [-0.15, -0.1) is 0 Å². The van der Waals surface area contributed by atoms with Crippen LogP contribution in [0.4, 0.5) is 15.8 Å². The van der Waals surface area contributed by atoms with Crippen LogP contribution in [-0.4, -0.2) is 48.8 Å². The lowest BCUT2D eigenvalue weighted by Crippen LogP contribution is -2.50. The first-order valence-corrected chi connectivity index (χ1v) is 13.8. The minimum atomic E-state index is -0.336. The smallest absolute Gasteiger partial charge is 0.253 e. The van der Waals surface area contributed by atoms with E-state index in [4.69, 9.17) is 0 Å². The van der Waals surface area contributed by atoms with Gasteiger partial charge < -0.3 is 20.4 Å². The molecular weight excluding hydrogens is 507 g/mol. The van der Waals surface area contributed by atoms with Gasteiger partial charge in [-0.1, -0.05) is 63.2 Å². The van der Waals surface area contributed by atoms with Gasteiger partial charge in [-0.25, -0.2) is 4.39 Å². The number of amides is 3. The van der Waals surface area contributed by atoms with Gasteiger partial charge in [0.25, 0.3) is 5.91 Å². The zero-order valence-electron chi connectivity index (χ0n) is 23.3. The van der Waals surface area contributed by atoms with Crippen molar-refractivity contribution in [3.8, 4) is 0 Å². The Kier molecular flexibility index (Phi) is 9.53. The first-order valence-electron chi connectivity index (χ1n) is 13.8. The number of piperazine rings is 1. The number of anilines is 2. The van der Waals surface area contributed by atoms with Crippen LogP contribution in [0.2, 0.25) is 0 Å². The minimum absolute atomic E-state index is 0.123. The SMILES string of the molecule is CCC(C(=O)N1CCN(c2ccc(NC(=O)C(C)C)cc2C(=O)NCc2ccc(F)cc2)CC1)c1ccccc1. The minimum Gasteiger partial charge on any atom is -0.367 e. The maximum atomic E-state index is 13.4. The number of rotatable bonds is 9. The van der Waals surface area contributed by atoms with Crippen LogP contribution < -0.4 is 15.5 Å². The van der Waals surface area contributed by atoms with Gasteiger partial charge >= 0.3 is 0 Å². The molecule has 2 N–H and O–H groups in total. The molecule has 1 atom stereocenters. The molecule has 0 radical (unpaired) electrons. The van der Waals surface area contributed by atoms with E-state index in [9.17, 15) is 18.8 Å². The molecule has 40 heavy (non-hydrogen) atoms. The average molecular weight is 545 g/mol. The van der Waals surface area contributed by atoms with E-state index in [-0.39, 0.29) is 41.9 Å². The molecule has 0 aromatic heterocycles. The summed E-state index contributed by atoms with van der Waals surface area (Å²) < 4.78 is 13.3. The Morgan fingerprint density at radius 1 is 0.900 bits per heavy atom. The summed E-state index contributed by atoms with van der Waals surface area (Å²) in [6, 6.07) is 21.2. The third kappa shape index (κ3) is 7.05. The molecule has 7 nitrogen and oxygen atoms in total. The lowest BCUT2D eigenvalue weighted by molar-refractivity contribution is -0.133. The molecule has 3 aromatic carbocycles. The molecule has 1 aliphatic rings. The van der Waals surface area contributed by atoms with E-state index in [2.05, 4.69) is 15.5 Å². The lowest BCUT2D eigenvalue weighted by atomic mass is 9.94. The zero-order chi connectivity index (χ0) is 28.6. The Morgan fingerprint density at radius 2 is 1.57 bits per heavy atom. The Labute approximate surface area is 235 Å². The van der Waals surface area contributed by atoms with Gasteiger partial charge in [-0.3, -0.25) is 14.4 Å². The van der Waals surface area contributed by atoms with Crippen molar-refractivity contribution in [3.05, 3.63) is 95.3 Å². The number of nitrogens with one attached hydrogen (secondary N) is 2. The van der Waals surface area contributed by atoms with E-state index >= 15 is 0 Å². The molecule has 4 rings (SSSR count). The van der Waals surface area contributed by atoms with E-state index in [1.807, 2.05) is 62.1 Å². The molecule has 0 bridgehead atoms. The fourth-order valence-electron chi connectivity index (χ4n) is 4.86. The molecule has 210 valence electrons. The molecule has 1 fully saturated rings. The van der Waals surface area contributed by atoms with Crippen molar-refractivity contribution in [1.82, 2.24) is 10.2 Å². The Hall–Kier alpha value is -4.20. The van der Waals surface area contributed by atoms with Crippen molar-refractivity contribution in [1.29, 1.82) is 0 Å². The van der Waals surface area contributed by atoms with Crippen molar-refractivity contribution < 1.29 is 18.8 Å². The number of hydrogen-bond donors (Lipinski definition) is 2. The monoisotopic (exact) mass is 544 g/mol. The molecule has 1 unspecified atom stereocenters. The highest BCUT2D eigenvalue weighted by Gasteiger charge is 2.29. The van der Waals surface area contributed by atoms with Gasteiger partial charge in [0.05, 0.1) is 11.5 Å². The van der Waals surface area contributed by atoms with Crippen molar-refractivity contribution in [2.45, 2.75) is 39.7 Å². The number of carbonyl (C=O) groups excluding carboxylic acids is 3. The molecule has 0 spiro atoms. The summed E-state index contributed by atoms with van der Waals surface area (Å²) in [7, 11) is 0. The zero-order valence-corrected chi connectivity index (χ0v) is 23.3. The van der Waals surface area contributed by atoms with Crippen LogP contribution in [0.15, 0.2) is 72.8 Å². The summed E-state index contributed by atoms with van der Waals surface area (Å²) in [5.41, 5.74) is 3.51. The maximum absolute atomic E-state index is 13.4. The fraction of sp³-hybridized carbons (Fsp3) is 0.344. The third-order valence-corrected chi connectivity index (χ3v) is 7.24. The molecule has 3 amide bonds. The number of hydrogen-bond acceptors (Lipinski definition) is 4. The van der Waals surface area contributed by atoms with E-state index in [0.717, 1.165) is 23.2 Å². The second kappa shape index (κ2) is 13.2. The molecule has 0 saturated carbocycles. The predicted octanol–water partition coefficient (Wildman–Crippen LogP) is 5.19. The number of carbonyl (C=O) groups is 3. The molecule has 1 heterocycles. The highest BCUT2D eigenvalue weighted by atomic mass is 19.1. The molecule has 1 aliphatic heterocycles. The Bertz CT molecular complexity index is 1320. The van der Waals surface area contributed by atoms with Gasteiger partial charge in [0.2, 0.25) is 11.8 Å². The van der Waals surface area contributed by atoms with E-state index in [1.165, 1.54) is 12.1 Å². The van der Waals surface area contributed by atoms with Crippen LogP contribution >= 0.6 is 0 Å². The molecule has 0 aliphatic carbocycles.